The zero-order chi connectivity index (χ0) is 22.2. The number of amides is 1. The number of aliphatic hydroxyl groups is 1. The zero-order valence-corrected chi connectivity index (χ0v) is 17.5. The van der Waals surface area contributed by atoms with Crippen molar-refractivity contribution in [1.82, 2.24) is 19.7 Å². The number of carbonyl (C=O) groups is 1. The van der Waals surface area contributed by atoms with Gasteiger partial charge in [-0.05, 0) is 42.7 Å². The van der Waals surface area contributed by atoms with E-state index in [2.05, 4.69) is 15.3 Å². The van der Waals surface area contributed by atoms with E-state index < -0.39 is 18.3 Å². The molecule has 3 heterocycles. The summed E-state index contributed by atoms with van der Waals surface area (Å²) < 4.78 is 16.6. The minimum atomic E-state index is -0.636. The van der Waals surface area contributed by atoms with Crippen LogP contribution in [0.4, 0.5) is 9.52 Å². The summed E-state index contributed by atoms with van der Waals surface area (Å²) in [6, 6.07) is 8.28. The molecule has 32 heavy (non-hydrogen) atoms. The van der Waals surface area contributed by atoms with Gasteiger partial charge in [-0.3, -0.25) is 15.1 Å². The number of nitrogens with zero attached hydrogens (tertiary/aromatic N) is 4. The van der Waals surface area contributed by atoms with E-state index in [0.29, 0.717) is 34.9 Å². The quantitative estimate of drug-likeness (QED) is 0.405. The van der Waals surface area contributed by atoms with Crippen molar-refractivity contribution >= 4 is 28.6 Å². The number of aliphatic hydroxyl groups excluding tert-OH is 1. The lowest BCUT2D eigenvalue weighted by molar-refractivity contribution is -0.118. The molecule has 160 valence electrons. The van der Waals surface area contributed by atoms with Crippen LogP contribution in [0, 0.1) is 11.2 Å². The van der Waals surface area contributed by atoms with Gasteiger partial charge in [0.2, 0.25) is 0 Å². The van der Waals surface area contributed by atoms with Gasteiger partial charge in [0, 0.05) is 29.7 Å². The fourth-order valence-electron chi connectivity index (χ4n) is 3.78. The molecule has 4 aromatic rings. The number of halogens is 1. The number of carbonyl (C=O) groups excluding carboxylic acids is 1. The van der Waals surface area contributed by atoms with Gasteiger partial charge in [-0.25, -0.2) is 14.1 Å². The molecule has 0 spiro atoms. The first-order valence-electron chi connectivity index (χ1n) is 9.82. The highest BCUT2D eigenvalue weighted by atomic mass is 32.1. The Balaban J connectivity index is 1.73. The van der Waals surface area contributed by atoms with Crippen LogP contribution < -0.4 is 5.32 Å². The Morgan fingerprint density at radius 2 is 2.22 bits per heavy atom. The van der Waals surface area contributed by atoms with Crippen molar-refractivity contribution in [3.63, 3.8) is 0 Å². The van der Waals surface area contributed by atoms with E-state index in [1.807, 2.05) is 12.1 Å². The summed E-state index contributed by atoms with van der Waals surface area (Å²) in [6.07, 6.45) is 5.77. The van der Waals surface area contributed by atoms with Crippen LogP contribution in [0.25, 0.3) is 27.5 Å². The fourth-order valence-corrected chi connectivity index (χ4v) is 4.86. The van der Waals surface area contributed by atoms with Crippen molar-refractivity contribution in [2.45, 2.75) is 12.8 Å². The van der Waals surface area contributed by atoms with E-state index in [4.69, 9.17) is 15.6 Å². The number of hydrogen-bond acceptors (Lipinski definition) is 7. The number of aryl methyl sites for hydroxylation is 1. The molecule has 3 N–H and O–H groups in total. The maximum Gasteiger partial charge on any atom is 0.251 e. The van der Waals surface area contributed by atoms with Gasteiger partial charge >= 0.3 is 0 Å². The van der Waals surface area contributed by atoms with Crippen LogP contribution in [-0.2, 0) is 17.6 Å². The first-order chi connectivity index (χ1) is 15.6. The van der Waals surface area contributed by atoms with E-state index in [1.54, 1.807) is 29.2 Å². The lowest BCUT2D eigenvalue weighted by atomic mass is 9.95. The summed E-state index contributed by atoms with van der Waals surface area (Å²) in [6.45, 7) is -0.636. The molecule has 1 aliphatic rings. The summed E-state index contributed by atoms with van der Waals surface area (Å²) in [5, 5.41) is 24.1. The monoisotopic (exact) mass is 448 g/mol. The third-order valence-corrected chi connectivity index (χ3v) is 6.22. The first kappa shape index (κ1) is 20.2. The largest absolute Gasteiger partial charge is 0.387 e. The number of pyridine rings is 1. The van der Waals surface area contributed by atoms with Gasteiger partial charge in [-0.1, -0.05) is 17.4 Å². The van der Waals surface area contributed by atoms with Gasteiger partial charge < -0.3 is 10.5 Å². The van der Waals surface area contributed by atoms with Gasteiger partial charge in [0.05, 0.1) is 22.0 Å². The highest BCUT2D eigenvalue weighted by Gasteiger charge is 2.30. The van der Waals surface area contributed by atoms with Gasteiger partial charge in [0.25, 0.3) is 5.91 Å². The molecule has 0 atom stereocenters. The summed E-state index contributed by atoms with van der Waals surface area (Å²) in [5.41, 5.74) is 4.69. The summed E-state index contributed by atoms with van der Waals surface area (Å²) in [4.78, 5) is 21.1. The molecule has 0 unspecified atom stereocenters. The normalized spacial score (nSPS) is 12.2. The van der Waals surface area contributed by atoms with Crippen molar-refractivity contribution in [1.29, 1.82) is 5.41 Å². The second kappa shape index (κ2) is 8.06. The van der Waals surface area contributed by atoms with Crippen LogP contribution in [0.15, 0.2) is 42.7 Å². The fraction of sp³-hybridized carbons (Fsp3) is 0.136. The average Bonchev–Trinajstić information content (AvgIpc) is 3.40. The number of nitrogens with one attached hydrogen (secondary N) is 2. The Morgan fingerprint density at radius 1 is 1.34 bits per heavy atom. The van der Waals surface area contributed by atoms with E-state index in [0.717, 1.165) is 27.9 Å². The smallest absolute Gasteiger partial charge is 0.251 e. The Morgan fingerprint density at radius 3 is 2.94 bits per heavy atom. The Kier molecular flexibility index (Phi) is 5.08. The molecule has 0 saturated heterocycles. The molecule has 0 fully saturated rings. The zero-order valence-electron chi connectivity index (χ0n) is 16.7. The molecular weight excluding hydrogens is 431 g/mol. The number of anilines is 1. The molecule has 0 radical (unpaired) electrons. The predicted octanol–water partition coefficient (Wildman–Crippen LogP) is 3.22. The third-order valence-electron chi connectivity index (χ3n) is 5.20. The van der Waals surface area contributed by atoms with E-state index >= 15 is 4.39 Å². The number of fused-ring (bicyclic) bond motifs is 3. The van der Waals surface area contributed by atoms with Crippen molar-refractivity contribution in [2.75, 3.05) is 11.9 Å². The molecular formula is C22H17FN6O2S. The Bertz CT molecular complexity index is 1350. The minimum Gasteiger partial charge on any atom is -0.387 e. The molecule has 1 aliphatic carbocycles. The highest BCUT2D eigenvalue weighted by molar-refractivity contribution is 7.19. The first-order valence-corrected chi connectivity index (χ1v) is 10.6. The van der Waals surface area contributed by atoms with Gasteiger partial charge in [0.15, 0.2) is 5.13 Å². The van der Waals surface area contributed by atoms with Crippen molar-refractivity contribution < 1.29 is 14.3 Å². The van der Waals surface area contributed by atoms with E-state index in [1.165, 1.54) is 17.4 Å². The van der Waals surface area contributed by atoms with E-state index in [9.17, 15) is 4.79 Å². The highest BCUT2D eigenvalue weighted by Crippen LogP contribution is 2.44. The molecule has 10 heteroatoms. The maximum atomic E-state index is 15.0. The topological polar surface area (TPSA) is 117 Å². The van der Waals surface area contributed by atoms with Crippen LogP contribution in [0.1, 0.15) is 16.8 Å². The van der Waals surface area contributed by atoms with Crippen LogP contribution in [0.2, 0.25) is 0 Å². The molecule has 5 rings (SSSR count). The van der Waals surface area contributed by atoms with Crippen LogP contribution in [0.5, 0.6) is 0 Å². The summed E-state index contributed by atoms with van der Waals surface area (Å²) in [5.74, 6) is -1.05. The number of aromatic nitrogens is 4. The maximum absolute atomic E-state index is 15.0. The van der Waals surface area contributed by atoms with E-state index in [-0.39, 0.29) is 5.69 Å². The second-order valence-electron chi connectivity index (χ2n) is 7.19. The standard InChI is InChI=1S/C22H17FN6O2S/c23-15-8-12(9-24)3-6-17(15)29-20-14(19(28-29)13-2-1-7-25-10-13)4-5-16-21(20)32-22(26-16)27-18(31)11-30/h1-3,6-10,24,30H,4-5,11H2,(H,26,27,31). The van der Waals surface area contributed by atoms with Gasteiger partial charge in [-0.15, -0.1) is 0 Å². The number of rotatable bonds is 5. The van der Waals surface area contributed by atoms with Crippen molar-refractivity contribution in [2.24, 2.45) is 0 Å². The Labute approximate surface area is 185 Å². The molecule has 8 nitrogen and oxygen atoms in total. The lowest BCUT2D eigenvalue weighted by Gasteiger charge is -2.14. The number of thiazole rings is 1. The molecule has 1 amide bonds. The van der Waals surface area contributed by atoms with Crippen LogP contribution >= 0.6 is 11.3 Å². The molecule has 1 aromatic carbocycles. The molecule has 0 aliphatic heterocycles. The number of hydrogen-bond donors (Lipinski definition) is 3. The number of benzene rings is 1. The second-order valence-corrected chi connectivity index (χ2v) is 8.18. The van der Waals surface area contributed by atoms with Crippen LogP contribution in [0.3, 0.4) is 0 Å². The summed E-state index contributed by atoms with van der Waals surface area (Å²) >= 11 is 1.26. The SMILES string of the molecule is N=Cc1ccc(-n2nc(-c3cccnc3)c3c2-c2sc(NC(=O)CO)nc2CC3)c(F)c1. The van der Waals surface area contributed by atoms with Crippen molar-refractivity contribution in [3.8, 4) is 27.5 Å². The third kappa shape index (κ3) is 3.39. The minimum absolute atomic E-state index is 0.254. The van der Waals surface area contributed by atoms with Crippen LogP contribution in [-0.4, -0.2) is 43.6 Å². The molecule has 0 bridgehead atoms. The van der Waals surface area contributed by atoms with Gasteiger partial charge in [-0.2, -0.15) is 5.10 Å². The molecule has 3 aromatic heterocycles. The predicted molar refractivity (Wildman–Crippen MR) is 119 cm³/mol. The van der Waals surface area contributed by atoms with Crippen molar-refractivity contribution in [3.05, 3.63) is 65.4 Å². The lowest BCUT2D eigenvalue weighted by Crippen LogP contribution is -2.15. The molecule has 0 saturated carbocycles. The Hall–Kier alpha value is -3.76. The summed E-state index contributed by atoms with van der Waals surface area (Å²) in [7, 11) is 0. The van der Waals surface area contributed by atoms with Gasteiger partial charge in [0.1, 0.15) is 18.1 Å². The average molecular weight is 448 g/mol.